The van der Waals surface area contributed by atoms with Crippen molar-refractivity contribution in [2.24, 2.45) is 0 Å². The van der Waals surface area contributed by atoms with Crippen molar-refractivity contribution in [1.29, 1.82) is 0 Å². The Labute approximate surface area is 309 Å². The maximum absolute atomic E-state index is 11.7. The third-order valence-electron chi connectivity index (χ3n) is 8.28. The predicted molar refractivity (Wildman–Crippen MR) is 202 cm³/mol. The van der Waals surface area contributed by atoms with Crippen LogP contribution in [0.5, 0.6) is 28.9 Å². The van der Waals surface area contributed by atoms with Gasteiger partial charge in [0.25, 0.3) is 0 Å². The first-order valence-electron chi connectivity index (χ1n) is 16.1. The molecule has 0 N–H and O–H groups in total. The molecular weight excluding hydrogens is 693 g/mol. The number of rotatable bonds is 12. The number of piperazine rings is 1. The molecule has 0 radical (unpaired) electrons. The lowest BCUT2D eigenvalue weighted by molar-refractivity contribution is -0.104. The van der Waals surface area contributed by atoms with Crippen LogP contribution in [0.1, 0.15) is 27.8 Å². The highest BCUT2D eigenvalue weighted by atomic mass is 35.5. The number of hydrogen-bond donors (Lipinski definition) is 0. The second-order valence-corrected chi connectivity index (χ2v) is 12.8. The molecule has 0 atom stereocenters. The average molecular weight is 731 g/mol. The van der Waals surface area contributed by atoms with E-state index < -0.39 is 0 Å². The topological polar surface area (TPSA) is 64.1 Å². The molecule has 1 saturated heterocycles. The number of aromatic nitrogens is 1. The summed E-state index contributed by atoms with van der Waals surface area (Å²) in [6, 6.07) is 31.1. The van der Waals surface area contributed by atoms with E-state index in [2.05, 4.69) is 46.0 Å². The Bertz CT molecular complexity index is 1870. The second kappa shape index (κ2) is 17.4. The highest BCUT2D eigenvalue weighted by molar-refractivity contribution is 6.32. The summed E-state index contributed by atoms with van der Waals surface area (Å²) in [7, 11) is 0. The van der Waals surface area contributed by atoms with Crippen molar-refractivity contribution < 1.29 is 19.0 Å². The normalized spacial score (nSPS) is 13.4. The Balaban J connectivity index is 0.00000486. The number of allylic oxidation sites excluding steroid dienone is 1. The van der Waals surface area contributed by atoms with Crippen LogP contribution in [-0.2, 0) is 17.9 Å². The van der Waals surface area contributed by atoms with Crippen LogP contribution in [0.3, 0.4) is 0 Å². The number of benzene rings is 4. The zero-order chi connectivity index (χ0) is 34.2. The molecule has 0 spiro atoms. The third kappa shape index (κ3) is 9.79. The van der Waals surface area contributed by atoms with Crippen LogP contribution in [0.25, 0.3) is 5.70 Å². The third-order valence-corrected chi connectivity index (χ3v) is 8.82. The van der Waals surface area contributed by atoms with Gasteiger partial charge in [0.05, 0.1) is 11.2 Å². The number of hydrogen-bond acceptors (Lipinski definition) is 7. The molecule has 0 aliphatic carbocycles. The Hall–Kier alpha value is -4.53. The Morgan fingerprint density at radius 1 is 0.780 bits per heavy atom. The minimum atomic E-state index is 0. The van der Waals surface area contributed by atoms with Crippen LogP contribution in [0.15, 0.2) is 109 Å². The molecule has 0 unspecified atom stereocenters. The molecule has 4 aromatic carbocycles. The molecule has 2 heterocycles. The van der Waals surface area contributed by atoms with Crippen molar-refractivity contribution in [2.75, 3.05) is 26.2 Å². The van der Waals surface area contributed by atoms with E-state index in [0.717, 1.165) is 72.9 Å². The predicted octanol–water partition coefficient (Wildman–Crippen LogP) is 9.95. The van der Waals surface area contributed by atoms with Crippen molar-refractivity contribution in [1.82, 2.24) is 14.8 Å². The average Bonchev–Trinajstić information content (AvgIpc) is 3.11. The fourth-order valence-electron chi connectivity index (χ4n) is 5.63. The molecule has 0 saturated carbocycles. The van der Waals surface area contributed by atoms with Gasteiger partial charge in [-0.05, 0) is 90.7 Å². The molecule has 1 fully saturated rings. The summed E-state index contributed by atoms with van der Waals surface area (Å²) in [5.74, 6) is 3.09. The Kier molecular flexibility index (Phi) is 12.8. The molecule has 0 amide bonds. The summed E-state index contributed by atoms with van der Waals surface area (Å²) >= 11 is 12.7. The SMILES string of the molecule is Cc1ccc(COc2ccc(Oc3c(C)cc(/C(=C\C=O)N4CCN(Cc5ccc(Oc6ccc(Cl)cc6)cc5)CC4)cc3Cl)nc2)cc1.Cl. The fraction of sp³-hybridized carbons (Fsp3) is 0.200. The number of halogens is 3. The zero-order valence-corrected chi connectivity index (χ0v) is 30.2. The minimum Gasteiger partial charge on any atom is -0.487 e. The molecular formula is C40H38Cl3N3O4. The van der Waals surface area contributed by atoms with Crippen LogP contribution < -0.4 is 14.2 Å². The number of carbonyl (C=O) groups excluding carboxylic acids is 1. The van der Waals surface area contributed by atoms with Crippen molar-refractivity contribution in [3.63, 3.8) is 0 Å². The van der Waals surface area contributed by atoms with Crippen molar-refractivity contribution in [3.05, 3.63) is 147 Å². The van der Waals surface area contributed by atoms with Crippen molar-refractivity contribution in [3.8, 4) is 28.9 Å². The van der Waals surface area contributed by atoms with Crippen LogP contribution in [0.4, 0.5) is 0 Å². The van der Waals surface area contributed by atoms with Gasteiger partial charge < -0.3 is 19.1 Å². The fourth-order valence-corrected chi connectivity index (χ4v) is 6.06. The van der Waals surface area contributed by atoms with E-state index in [-0.39, 0.29) is 12.4 Å². The molecule has 6 rings (SSSR count). The van der Waals surface area contributed by atoms with E-state index in [0.29, 0.717) is 34.0 Å². The molecule has 10 heteroatoms. The Morgan fingerprint density at radius 3 is 2.04 bits per heavy atom. The van der Waals surface area contributed by atoms with Gasteiger partial charge in [0.1, 0.15) is 30.1 Å². The molecule has 7 nitrogen and oxygen atoms in total. The zero-order valence-electron chi connectivity index (χ0n) is 27.9. The van der Waals surface area contributed by atoms with Crippen LogP contribution in [-0.4, -0.2) is 47.2 Å². The van der Waals surface area contributed by atoms with E-state index in [1.54, 1.807) is 18.3 Å². The summed E-state index contributed by atoms with van der Waals surface area (Å²) in [6.07, 6.45) is 4.07. The lowest BCUT2D eigenvalue weighted by Crippen LogP contribution is -2.45. The summed E-state index contributed by atoms with van der Waals surface area (Å²) in [6.45, 7) is 8.52. The maximum atomic E-state index is 11.7. The van der Waals surface area contributed by atoms with E-state index in [4.69, 9.17) is 37.4 Å². The summed E-state index contributed by atoms with van der Waals surface area (Å²) in [5.41, 5.74) is 6.03. The van der Waals surface area contributed by atoms with Crippen LogP contribution in [0, 0.1) is 13.8 Å². The number of ether oxygens (including phenoxy) is 3. The van der Waals surface area contributed by atoms with Gasteiger partial charge in [-0.3, -0.25) is 9.69 Å². The first kappa shape index (κ1) is 36.7. The van der Waals surface area contributed by atoms with Gasteiger partial charge in [-0.2, -0.15) is 0 Å². The number of nitrogens with zero attached hydrogens (tertiary/aromatic N) is 3. The second-order valence-electron chi connectivity index (χ2n) is 12.0. The van der Waals surface area contributed by atoms with E-state index in [9.17, 15) is 4.79 Å². The molecule has 1 aliphatic rings. The van der Waals surface area contributed by atoms with Gasteiger partial charge in [0.15, 0.2) is 5.75 Å². The monoisotopic (exact) mass is 729 g/mol. The largest absolute Gasteiger partial charge is 0.487 e. The molecule has 50 heavy (non-hydrogen) atoms. The van der Waals surface area contributed by atoms with Gasteiger partial charge in [0.2, 0.25) is 5.88 Å². The number of carbonyl (C=O) groups is 1. The highest BCUT2D eigenvalue weighted by Crippen LogP contribution is 2.36. The first-order valence-corrected chi connectivity index (χ1v) is 16.9. The number of pyridine rings is 1. The smallest absolute Gasteiger partial charge is 0.219 e. The summed E-state index contributed by atoms with van der Waals surface area (Å²) in [4.78, 5) is 20.8. The van der Waals surface area contributed by atoms with E-state index in [1.807, 2.05) is 73.7 Å². The van der Waals surface area contributed by atoms with Crippen LogP contribution >= 0.6 is 35.6 Å². The lowest BCUT2D eigenvalue weighted by atomic mass is 10.1. The standard InChI is InChI=1S/C40H37Cl2N3O4.ClH/c1-28-3-5-31(6-4-28)27-47-36-15-16-39(43-25-36)49-40-29(2)23-32(24-37(40)42)38(17-22-46)45-20-18-44(19-21-45)26-30-7-11-34(12-8-30)48-35-13-9-33(41)10-14-35;/h3-17,22-25H,18-21,26-27H2,1-2H3;1H/b38-17+;. The first-order chi connectivity index (χ1) is 23.8. The van der Waals surface area contributed by atoms with Gasteiger partial charge in [-0.15, -0.1) is 12.4 Å². The van der Waals surface area contributed by atoms with Gasteiger partial charge in [0, 0.05) is 55.6 Å². The van der Waals surface area contributed by atoms with Crippen LogP contribution in [0.2, 0.25) is 10.0 Å². The molecule has 1 aliphatic heterocycles. The van der Waals surface area contributed by atoms with Gasteiger partial charge >= 0.3 is 0 Å². The number of aryl methyl sites for hydroxylation is 2. The van der Waals surface area contributed by atoms with E-state index in [1.165, 1.54) is 11.1 Å². The minimum absolute atomic E-state index is 0. The quantitative estimate of drug-likeness (QED) is 0.0936. The maximum Gasteiger partial charge on any atom is 0.219 e. The van der Waals surface area contributed by atoms with Gasteiger partial charge in [-0.1, -0.05) is 65.2 Å². The lowest BCUT2D eigenvalue weighted by Gasteiger charge is -2.37. The summed E-state index contributed by atoms with van der Waals surface area (Å²) in [5, 5.41) is 1.12. The molecule has 258 valence electrons. The molecule has 0 bridgehead atoms. The molecule has 1 aromatic heterocycles. The van der Waals surface area contributed by atoms with Gasteiger partial charge in [-0.25, -0.2) is 4.98 Å². The highest BCUT2D eigenvalue weighted by Gasteiger charge is 2.22. The number of aldehydes is 1. The summed E-state index contributed by atoms with van der Waals surface area (Å²) < 4.78 is 17.9. The van der Waals surface area contributed by atoms with Crippen molar-refractivity contribution >= 4 is 47.6 Å². The Morgan fingerprint density at radius 2 is 1.42 bits per heavy atom. The van der Waals surface area contributed by atoms with Crippen molar-refractivity contribution in [2.45, 2.75) is 27.0 Å². The van der Waals surface area contributed by atoms with E-state index >= 15 is 0 Å². The molecule has 5 aromatic rings.